The van der Waals surface area contributed by atoms with E-state index in [1.54, 1.807) is 4.90 Å². The minimum atomic E-state index is -0.834. The number of likely N-dealkylation sites (tertiary alicyclic amines) is 1. The first-order valence-corrected chi connectivity index (χ1v) is 7.19. The average Bonchev–Trinajstić information content (AvgIpc) is 2.46. The van der Waals surface area contributed by atoms with Gasteiger partial charge in [-0.05, 0) is 38.8 Å². The molecule has 0 radical (unpaired) electrons. The molecule has 5 heteroatoms. The average molecular weight is 291 g/mol. The van der Waals surface area contributed by atoms with Crippen molar-refractivity contribution in [3.8, 4) is 5.75 Å². The van der Waals surface area contributed by atoms with Gasteiger partial charge >= 0.3 is 5.97 Å². The second kappa shape index (κ2) is 6.61. The van der Waals surface area contributed by atoms with Gasteiger partial charge in [0.15, 0.2) is 6.61 Å². The second-order valence-electron chi connectivity index (χ2n) is 5.61. The van der Waals surface area contributed by atoms with Crippen molar-refractivity contribution in [3.05, 3.63) is 29.8 Å². The van der Waals surface area contributed by atoms with Crippen LogP contribution < -0.4 is 4.74 Å². The van der Waals surface area contributed by atoms with Crippen LogP contribution in [0.15, 0.2) is 24.3 Å². The molecule has 5 nitrogen and oxygen atoms in total. The summed E-state index contributed by atoms with van der Waals surface area (Å²) in [6, 6.07) is 7.55. The van der Waals surface area contributed by atoms with E-state index in [0.717, 1.165) is 5.56 Å². The van der Waals surface area contributed by atoms with Crippen molar-refractivity contribution in [2.75, 3.05) is 13.2 Å². The largest absolute Gasteiger partial charge is 0.484 e. The van der Waals surface area contributed by atoms with Gasteiger partial charge in [-0.2, -0.15) is 0 Å². The molecule has 0 saturated carbocycles. The van der Waals surface area contributed by atoms with Crippen LogP contribution in [0.5, 0.6) is 5.75 Å². The summed E-state index contributed by atoms with van der Waals surface area (Å²) in [7, 11) is 0. The number of benzene rings is 1. The third kappa shape index (κ3) is 3.97. The van der Waals surface area contributed by atoms with Gasteiger partial charge in [0, 0.05) is 12.6 Å². The number of carbonyl (C=O) groups is 2. The van der Waals surface area contributed by atoms with Crippen LogP contribution in [0, 0.1) is 12.8 Å². The smallest absolute Gasteiger partial charge is 0.308 e. The van der Waals surface area contributed by atoms with Crippen LogP contribution in [0.4, 0.5) is 0 Å². The van der Waals surface area contributed by atoms with Crippen LogP contribution in [0.3, 0.4) is 0 Å². The summed E-state index contributed by atoms with van der Waals surface area (Å²) >= 11 is 0. The van der Waals surface area contributed by atoms with Gasteiger partial charge in [-0.25, -0.2) is 0 Å². The van der Waals surface area contributed by atoms with Crippen molar-refractivity contribution in [1.82, 2.24) is 4.90 Å². The lowest BCUT2D eigenvalue weighted by Crippen LogP contribution is -2.49. The highest BCUT2D eigenvalue weighted by molar-refractivity contribution is 5.79. The Hall–Kier alpha value is -2.04. The summed E-state index contributed by atoms with van der Waals surface area (Å²) in [6.45, 7) is 4.14. The normalized spacial score (nSPS) is 21.9. The van der Waals surface area contributed by atoms with E-state index in [1.807, 2.05) is 38.1 Å². The number of carboxylic acid groups (broad SMARTS) is 1. The molecule has 2 rings (SSSR count). The van der Waals surface area contributed by atoms with E-state index in [9.17, 15) is 9.59 Å². The summed E-state index contributed by atoms with van der Waals surface area (Å²) in [4.78, 5) is 24.9. The number of ether oxygens (including phenoxy) is 1. The van der Waals surface area contributed by atoms with E-state index in [4.69, 9.17) is 9.84 Å². The molecule has 0 aliphatic carbocycles. The number of hydrogen-bond donors (Lipinski definition) is 1. The van der Waals surface area contributed by atoms with Gasteiger partial charge in [0.2, 0.25) is 0 Å². The fraction of sp³-hybridized carbons (Fsp3) is 0.500. The number of carbonyl (C=O) groups excluding carboxylic acids is 1. The van der Waals surface area contributed by atoms with Crippen LogP contribution in [0.25, 0.3) is 0 Å². The number of amides is 1. The van der Waals surface area contributed by atoms with Crippen LogP contribution >= 0.6 is 0 Å². The highest BCUT2D eigenvalue weighted by Gasteiger charge is 2.32. The number of carboxylic acids is 1. The number of hydrogen-bond acceptors (Lipinski definition) is 3. The van der Waals surface area contributed by atoms with Crippen molar-refractivity contribution >= 4 is 11.9 Å². The quantitative estimate of drug-likeness (QED) is 0.922. The van der Waals surface area contributed by atoms with Gasteiger partial charge in [0.25, 0.3) is 5.91 Å². The molecule has 1 aromatic carbocycles. The Labute approximate surface area is 124 Å². The molecule has 21 heavy (non-hydrogen) atoms. The molecule has 1 heterocycles. The summed E-state index contributed by atoms with van der Waals surface area (Å²) in [6.07, 6.45) is 1.34. The standard InChI is InChI=1S/C16H21NO4/c1-11-3-7-14(8-4-11)21-10-15(18)17-9-13(16(19)20)6-5-12(17)2/h3-4,7-8,12-13H,5-6,9-10H2,1-2H3,(H,19,20). The lowest BCUT2D eigenvalue weighted by molar-refractivity contribution is -0.147. The maximum absolute atomic E-state index is 12.2. The molecular weight excluding hydrogens is 270 g/mol. The molecule has 0 spiro atoms. The molecular formula is C16H21NO4. The monoisotopic (exact) mass is 291 g/mol. The molecule has 1 aliphatic heterocycles. The number of nitrogens with zero attached hydrogens (tertiary/aromatic N) is 1. The van der Waals surface area contributed by atoms with Crippen molar-refractivity contribution in [2.24, 2.45) is 5.92 Å². The minimum Gasteiger partial charge on any atom is -0.484 e. The third-order valence-corrected chi connectivity index (χ3v) is 3.93. The van der Waals surface area contributed by atoms with Gasteiger partial charge < -0.3 is 14.7 Å². The summed E-state index contributed by atoms with van der Waals surface area (Å²) < 4.78 is 5.48. The van der Waals surface area contributed by atoms with Crippen molar-refractivity contribution in [3.63, 3.8) is 0 Å². The maximum atomic E-state index is 12.2. The Balaban J connectivity index is 1.92. The van der Waals surface area contributed by atoms with Crippen LogP contribution in [-0.2, 0) is 9.59 Å². The summed E-state index contributed by atoms with van der Waals surface area (Å²) in [5.74, 6) is -0.814. The first-order chi connectivity index (χ1) is 9.97. The highest BCUT2D eigenvalue weighted by Crippen LogP contribution is 2.22. The van der Waals surface area contributed by atoms with Gasteiger partial charge in [-0.3, -0.25) is 9.59 Å². The van der Waals surface area contributed by atoms with Crippen LogP contribution in [-0.4, -0.2) is 41.1 Å². The predicted molar refractivity (Wildman–Crippen MR) is 78.2 cm³/mol. The van der Waals surface area contributed by atoms with E-state index >= 15 is 0 Å². The van der Waals surface area contributed by atoms with E-state index in [0.29, 0.717) is 18.6 Å². The predicted octanol–water partition coefficient (Wildman–Crippen LogP) is 2.09. The Morgan fingerprint density at radius 2 is 1.95 bits per heavy atom. The molecule has 114 valence electrons. The molecule has 1 fully saturated rings. The summed E-state index contributed by atoms with van der Waals surface area (Å²) in [5, 5.41) is 9.09. The lowest BCUT2D eigenvalue weighted by atomic mass is 9.93. The fourth-order valence-corrected chi connectivity index (χ4v) is 2.52. The van der Waals surface area contributed by atoms with Gasteiger partial charge in [0.1, 0.15) is 5.75 Å². The number of piperidine rings is 1. The van der Waals surface area contributed by atoms with Gasteiger partial charge in [0.05, 0.1) is 5.92 Å². The summed E-state index contributed by atoms with van der Waals surface area (Å²) in [5.41, 5.74) is 1.13. The Kier molecular flexibility index (Phi) is 4.83. The lowest BCUT2D eigenvalue weighted by Gasteiger charge is -2.36. The Morgan fingerprint density at radius 1 is 1.29 bits per heavy atom. The highest BCUT2D eigenvalue weighted by atomic mass is 16.5. The first kappa shape index (κ1) is 15.4. The molecule has 0 aromatic heterocycles. The maximum Gasteiger partial charge on any atom is 0.308 e. The Morgan fingerprint density at radius 3 is 2.57 bits per heavy atom. The second-order valence-corrected chi connectivity index (χ2v) is 5.61. The van der Waals surface area contributed by atoms with E-state index in [1.165, 1.54) is 0 Å². The number of aliphatic carboxylic acids is 1. The van der Waals surface area contributed by atoms with Crippen molar-refractivity contribution < 1.29 is 19.4 Å². The Bertz CT molecular complexity index is 512. The molecule has 2 unspecified atom stereocenters. The molecule has 1 saturated heterocycles. The third-order valence-electron chi connectivity index (χ3n) is 3.93. The zero-order valence-electron chi connectivity index (χ0n) is 12.4. The first-order valence-electron chi connectivity index (χ1n) is 7.19. The number of rotatable bonds is 4. The zero-order chi connectivity index (χ0) is 15.4. The van der Waals surface area contributed by atoms with Crippen LogP contribution in [0.2, 0.25) is 0 Å². The van der Waals surface area contributed by atoms with Crippen LogP contribution in [0.1, 0.15) is 25.3 Å². The molecule has 1 aliphatic rings. The van der Waals surface area contributed by atoms with E-state index < -0.39 is 11.9 Å². The van der Waals surface area contributed by atoms with Crippen molar-refractivity contribution in [2.45, 2.75) is 32.7 Å². The van der Waals surface area contributed by atoms with Gasteiger partial charge in [-0.1, -0.05) is 17.7 Å². The van der Waals surface area contributed by atoms with E-state index in [2.05, 4.69) is 0 Å². The van der Waals surface area contributed by atoms with Gasteiger partial charge in [-0.15, -0.1) is 0 Å². The number of aryl methyl sites for hydroxylation is 1. The molecule has 1 aromatic rings. The minimum absolute atomic E-state index is 0.0558. The van der Waals surface area contributed by atoms with E-state index in [-0.39, 0.29) is 25.1 Å². The molecule has 0 bridgehead atoms. The fourth-order valence-electron chi connectivity index (χ4n) is 2.52. The zero-order valence-corrected chi connectivity index (χ0v) is 12.4. The van der Waals surface area contributed by atoms with Crippen molar-refractivity contribution in [1.29, 1.82) is 0 Å². The molecule has 2 atom stereocenters. The topological polar surface area (TPSA) is 66.8 Å². The molecule has 1 amide bonds. The SMILES string of the molecule is Cc1ccc(OCC(=O)N2CC(C(=O)O)CCC2C)cc1. The molecule has 1 N–H and O–H groups in total.